The minimum Gasteiger partial charge on any atom is -0.465 e. The Morgan fingerprint density at radius 2 is 1.93 bits per heavy atom. The van der Waals surface area contributed by atoms with Crippen LogP contribution in [0.15, 0.2) is 48.5 Å². The standard InChI is InChI=1S/C22H25FN2O5/c1-28-20-13-25(16-8-9-18(23)17(12-16)21(26)29-2)11-10-19(20)24-22(27)30-14-15-6-4-3-5-7-15/h3-9,12,19-20H,10-11,13-14H2,1-2H3,(H,24,27). The highest BCUT2D eigenvalue weighted by atomic mass is 19.1. The molecule has 1 fully saturated rings. The van der Waals surface area contributed by atoms with Gasteiger partial charge in [-0.1, -0.05) is 30.3 Å². The topological polar surface area (TPSA) is 77.1 Å². The Bertz CT molecular complexity index is 877. The summed E-state index contributed by atoms with van der Waals surface area (Å²) in [7, 11) is 2.78. The van der Waals surface area contributed by atoms with Gasteiger partial charge in [-0.25, -0.2) is 14.0 Å². The van der Waals surface area contributed by atoms with E-state index in [4.69, 9.17) is 9.47 Å². The summed E-state index contributed by atoms with van der Waals surface area (Å²) in [5.41, 5.74) is 1.47. The van der Waals surface area contributed by atoms with Crippen molar-refractivity contribution in [2.45, 2.75) is 25.2 Å². The lowest BCUT2D eigenvalue weighted by Gasteiger charge is -2.39. The van der Waals surface area contributed by atoms with Gasteiger partial charge in [0.15, 0.2) is 0 Å². The summed E-state index contributed by atoms with van der Waals surface area (Å²) < 4.78 is 29.4. The zero-order valence-electron chi connectivity index (χ0n) is 17.0. The number of ether oxygens (including phenoxy) is 3. The second kappa shape index (κ2) is 10.1. The third-order valence-corrected chi connectivity index (χ3v) is 5.10. The van der Waals surface area contributed by atoms with E-state index in [0.717, 1.165) is 5.56 Å². The van der Waals surface area contributed by atoms with Crippen molar-refractivity contribution in [3.8, 4) is 0 Å². The summed E-state index contributed by atoms with van der Waals surface area (Å²) in [6, 6.07) is 13.5. The Morgan fingerprint density at radius 3 is 2.63 bits per heavy atom. The Kier molecular flexibility index (Phi) is 7.24. The number of halogens is 1. The van der Waals surface area contributed by atoms with Gasteiger partial charge in [-0.15, -0.1) is 0 Å². The van der Waals surface area contributed by atoms with E-state index in [1.54, 1.807) is 13.2 Å². The molecular weight excluding hydrogens is 391 g/mol. The summed E-state index contributed by atoms with van der Waals surface area (Å²) in [6.07, 6.45) is -0.201. The lowest BCUT2D eigenvalue weighted by atomic mass is 10.0. The SMILES string of the molecule is COC(=O)c1cc(N2CCC(NC(=O)OCc3ccccc3)C(OC)C2)ccc1F. The average Bonchev–Trinajstić information content (AvgIpc) is 2.78. The number of alkyl carbamates (subject to hydrolysis) is 1. The number of methoxy groups -OCH3 is 2. The van der Waals surface area contributed by atoms with Crippen LogP contribution in [0.4, 0.5) is 14.9 Å². The summed E-state index contributed by atoms with van der Waals surface area (Å²) >= 11 is 0. The van der Waals surface area contributed by atoms with Crippen molar-refractivity contribution in [2.75, 3.05) is 32.2 Å². The molecule has 1 aliphatic heterocycles. The Labute approximate surface area is 174 Å². The highest BCUT2D eigenvalue weighted by Crippen LogP contribution is 2.24. The summed E-state index contributed by atoms with van der Waals surface area (Å²) in [6.45, 7) is 1.25. The van der Waals surface area contributed by atoms with E-state index >= 15 is 0 Å². The van der Waals surface area contributed by atoms with E-state index < -0.39 is 17.9 Å². The number of benzene rings is 2. The van der Waals surface area contributed by atoms with E-state index in [-0.39, 0.29) is 24.3 Å². The van der Waals surface area contributed by atoms with Crippen LogP contribution in [-0.4, -0.2) is 51.5 Å². The lowest BCUT2D eigenvalue weighted by molar-refractivity contribution is 0.0545. The first-order chi connectivity index (χ1) is 14.5. The van der Waals surface area contributed by atoms with E-state index in [1.807, 2.05) is 35.2 Å². The van der Waals surface area contributed by atoms with E-state index in [2.05, 4.69) is 10.1 Å². The molecule has 1 saturated heterocycles. The number of carbonyl (C=O) groups excluding carboxylic acids is 2. The number of hydrogen-bond donors (Lipinski definition) is 1. The fraction of sp³-hybridized carbons (Fsp3) is 0.364. The Morgan fingerprint density at radius 1 is 1.17 bits per heavy atom. The molecule has 0 bridgehead atoms. The zero-order chi connectivity index (χ0) is 21.5. The first kappa shape index (κ1) is 21.6. The van der Waals surface area contributed by atoms with Crippen LogP contribution >= 0.6 is 0 Å². The first-order valence-corrected chi connectivity index (χ1v) is 9.64. The molecule has 0 aromatic heterocycles. The lowest BCUT2D eigenvalue weighted by Crippen LogP contribution is -2.55. The second-order valence-corrected chi connectivity index (χ2v) is 6.98. The Balaban J connectivity index is 1.59. The van der Waals surface area contributed by atoms with Crippen molar-refractivity contribution < 1.29 is 28.2 Å². The highest BCUT2D eigenvalue weighted by molar-refractivity contribution is 5.90. The van der Waals surface area contributed by atoms with Crippen LogP contribution in [0.25, 0.3) is 0 Å². The molecule has 160 valence electrons. The van der Waals surface area contributed by atoms with Gasteiger partial charge >= 0.3 is 12.1 Å². The van der Waals surface area contributed by atoms with Crippen LogP contribution in [0, 0.1) is 5.82 Å². The van der Waals surface area contributed by atoms with Crippen LogP contribution in [0.2, 0.25) is 0 Å². The molecule has 0 aliphatic carbocycles. The number of esters is 1. The van der Waals surface area contributed by atoms with Crippen LogP contribution in [0.1, 0.15) is 22.3 Å². The number of nitrogens with zero attached hydrogens (tertiary/aromatic N) is 1. The molecule has 1 N–H and O–H groups in total. The van der Waals surface area contributed by atoms with Gasteiger partial charge < -0.3 is 24.4 Å². The molecule has 7 nitrogen and oxygen atoms in total. The number of carbonyl (C=O) groups is 2. The minimum absolute atomic E-state index is 0.117. The molecule has 0 spiro atoms. The van der Waals surface area contributed by atoms with Crippen LogP contribution in [0.5, 0.6) is 0 Å². The molecule has 2 unspecified atom stereocenters. The van der Waals surface area contributed by atoms with Gasteiger partial charge in [0.05, 0.1) is 24.8 Å². The van der Waals surface area contributed by atoms with Gasteiger partial charge in [-0.3, -0.25) is 0 Å². The molecular formula is C22H25FN2O5. The van der Waals surface area contributed by atoms with E-state index in [9.17, 15) is 14.0 Å². The molecule has 8 heteroatoms. The Hall–Kier alpha value is -3.13. The molecule has 0 saturated carbocycles. The molecule has 2 atom stereocenters. The van der Waals surface area contributed by atoms with Crippen molar-refractivity contribution >= 4 is 17.7 Å². The van der Waals surface area contributed by atoms with Gasteiger partial charge in [-0.05, 0) is 30.2 Å². The smallest absolute Gasteiger partial charge is 0.407 e. The zero-order valence-corrected chi connectivity index (χ0v) is 17.0. The third kappa shape index (κ3) is 5.27. The number of hydrogen-bond acceptors (Lipinski definition) is 6. The summed E-state index contributed by atoms with van der Waals surface area (Å²) in [5.74, 6) is -1.36. The summed E-state index contributed by atoms with van der Waals surface area (Å²) in [4.78, 5) is 25.9. The molecule has 30 heavy (non-hydrogen) atoms. The number of anilines is 1. The highest BCUT2D eigenvalue weighted by Gasteiger charge is 2.31. The molecule has 2 aromatic carbocycles. The molecule has 1 heterocycles. The van der Waals surface area contributed by atoms with Crippen molar-refractivity contribution in [2.24, 2.45) is 0 Å². The maximum absolute atomic E-state index is 13.9. The second-order valence-electron chi connectivity index (χ2n) is 6.98. The van der Waals surface area contributed by atoms with Crippen LogP contribution in [-0.2, 0) is 20.8 Å². The maximum Gasteiger partial charge on any atom is 0.407 e. The van der Waals surface area contributed by atoms with Gasteiger partial charge in [-0.2, -0.15) is 0 Å². The molecule has 1 aliphatic rings. The normalized spacial score (nSPS) is 18.6. The minimum atomic E-state index is -0.727. The molecule has 0 radical (unpaired) electrons. The van der Waals surface area contributed by atoms with Gasteiger partial charge in [0, 0.05) is 25.9 Å². The number of nitrogens with one attached hydrogen (secondary N) is 1. The van der Waals surface area contributed by atoms with Crippen molar-refractivity contribution in [1.82, 2.24) is 5.32 Å². The fourth-order valence-corrected chi connectivity index (χ4v) is 3.45. The quantitative estimate of drug-likeness (QED) is 0.729. The van der Waals surface area contributed by atoms with Crippen LogP contribution in [0.3, 0.4) is 0 Å². The van der Waals surface area contributed by atoms with Gasteiger partial charge in [0.25, 0.3) is 0 Å². The van der Waals surface area contributed by atoms with Gasteiger partial charge in [0.1, 0.15) is 12.4 Å². The monoisotopic (exact) mass is 416 g/mol. The number of rotatable bonds is 6. The number of amides is 1. The summed E-state index contributed by atoms with van der Waals surface area (Å²) in [5, 5.41) is 2.86. The van der Waals surface area contributed by atoms with Gasteiger partial charge in [0.2, 0.25) is 0 Å². The van der Waals surface area contributed by atoms with Crippen molar-refractivity contribution in [3.05, 3.63) is 65.5 Å². The number of piperidine rings is 1. The fourth-order valence-electron chi connectivity index (χ4n) is 3.45. The predicted molar refractivity (Wildman–Crippen MR) is 109 cm³/mol. The third-order valence-electron chi connectivity index (χ3n) is 5.10. The largest absolute Gasteiger partial charge is 0.465 e. The van der Waals surface area contributed by atoms with Crippen LogP contribution < -0.4 is 10.2 Å². The van der Waals surface area contributed by atoms with E-state index in [1.165, 1.54) is 19.2 Å². The van der Waals surface area contributed by atoms with Crippen molar-refractivity contribution in [1.29, 1.82) is 0 Å². The molecule has 3 rings (SSSR count). The molecule has 2 aromatic rings. The average molecular weight is 416 g/mol. The van der Waals surface area contributed by atoms with Crippen molar-refractivity contribution in [3.63, 3.8) is 0 Å². The molecule has 1 amide bonds. The predicted octanol–water partition coefficient (Wildman–Crippen LogP) is 3.13. The first-order valence-electron chi connectivity index (χ1n) is 9.64. The maximum atomic E-state index is 13.9. The van der Waals surface area contributed by atoms with E-state index in [0.29, 0.717) is 25.2 Å².